The van der Waals surface area contributed by atoms with Gasteiger partial charge in [-0.05, 0) is 51.1 Å². The van der Waals surface area contributed by atoms with E-state index in [9.17, 15) is 9.18 Å². The number of hydrogen-bond donors (Lipinski definition) is 0. The summed E-state index contributed by atoms with van der Waals surface area (Å²) in [5, 5.41) is 0. The largest absolute Gasteiger partial charge is 0.379 e. The van der Waals surface area contributed by atoms with E-state index in [1.807, 2.05) is 18.7 Å². The predicted octanol–water partition coefficient (Wildman–Crippen LogP) is 2.09. The van der Waals surface area contributed by atoms with Crippen molar-refractivity contribution < 1.29 is 9.13 Å². The minimum atomic E-state index is -0.279. The first-order valence-electron chi connectivity index (χ1n) is 10.2. The molecule has 0 atom stereocenters. The molecule has 2 aromatic rings. The summed E-state index contributed by atoms with van der Waals surface area (Å²) in [5.41, 5.74) is 2.21. The van der Waals surface area contributed by atoms with Crippen LogP contribution in [0.4, 0.5) is 16.0 Å². The third-order valence-electron chi connectivity index (χ3n) is 5.73. The smallest absolute Gasteiger partial charge is 0.259 e. The van der Waals surface area contributed by atoms with Crippen LogP contribution in [0.1, 0.15) is 17.7 Å². The Hall–Kier alpha value is -2.29. The molecule has 1 aromatic carbocycles. The number of morpholine rings is 1. The van der Waals surface area contributed by atoms with Crippen molar-refractivity contribution in [2.24, 2.45) is 0 Å². The van der Waals surface area contributed by atoms with Crippen LogP contribution in [0.25, 0.3) is 0 Å². The van der Waals surface area contributed by atoms with Crippen LogP contribution in [0.5, 0.6) is 0 Å². The molecule has 2 aliphatic rings. The first-order chi connectivity index (χ1) is 14.0. The summed E-state index contributed by atoms with van der Waals surface area (Å²) in [6, 6.07) is 6.35. The summed E-state index contributed by atoms with van der Waals surface area (Å²) in [4.78, 5) is 24.3. The maximum absolute atomic E-state index is 13.4. The van der Waals surface area contributed by atoms with Crippen LogP contribution in [0.3, 0.4) is 0 Å². The first kappa shape index (κ1) is 20.0. The molecule has 1 aromatic heterocycles. The number of rotatable bonds is 5. The van der Waals surface area contributed by atoms with Crippen molar-refractivity contribution in [3.63, 3.8) is 0 Å². The van der Waals surface area contributed by atoms with E-state index in [-0.39, 0.29) is 11.4 Å². The average molecular weight is 401 g/mol. The molecule has 7 nitrogen and oxygen atoms in total. The lowest BCUT2D eigenvalue weighted by molar-refractivity contribution is 0.0354. The van der Waals surface area contributed by atoms with Crippen LogP contribution in [-0.2, 0) is 11.4 Å². The molecule has 4 rings (SSSR count). The zero-order valence-corrected chi connectivity index (χ0v) is 17.1. The molecule has 8 heteroatoms. The summed E-state index contributed by atoms with van der Waals surface area (Å²) >= 11 is 0. The van der Waals surface area contributed by atoms with E-state index >= 15 is 0 Å². The summed E-state index contributed by atoms with van der Waals surface area (Å²) in [5.74, 6) is 0.340. The van der Waals surface area contributed by atoms with Crippen molar-refractivity contribution in [1.29, 1.82) is 0 Å². The molecule has 1 fully saturated rings. The number of aryl methyl sites for hydroxylation is 1. The van der Waals surface area contributed by atoms with Gasteiger partial charge in [0.15, 0.2) is 0 Å². The second-order valence-electron chi connectivity index (χ2n) is 7.74. The molecule has 0 unspecified atom stereocenters. The van der Waals surface area contributed by atoms with Crippen molar-refractivity contribution in [1.82, 2.24) is 19.4 Å². The van der Waals surface area contributed by atoms with Crippen LogP contribution in [0.15, 0.2) is 29.1 Å². The Balaban J connectivity index is 1.56. The molecule has 0 spiro atoms. The highest BCUT2D eigenvalue weighted by molar-refractivity contribution is 5.58. The molecule has 0 N–H and O–H groups in total. The summed E-state index contributed by atoms with van der Waals surface area (Å²) < 4.78 is 20.6. The Morgan fingerprint density at radius 2 is 1.72 bits per heavy atom. The second-order valence-corrected chi connectivity index (χ2v) is 7.74. The van der Waals surface area contributed by atoms with Gasteiger partial charge in [-0.3, -0.25) is 24.1 Å². The van der Waals surface area contributed by atoms with Gasteiger partial charge in [0, 0.05) is 36.6 Å². The number of anilines is 2. The fourth-order valence-corrected chi connectivity index (χ4v) is 3.89. The number of aromatic nitrogens is 2. The molecule has 2 aliphatic heterocycles. The summed E-state index contributed by atoms with van der Waals surface area (Å²) in [7, 11) is 0. The van der Waals surface area contributed by atoms with Gasteiger partial charge in [-0.15, -0.1) is 0 Å². The van der Waals surface area contributed by atoms with E-state index in [2.05, 4.69) is 14.8 Å². The van der Waals surface area contributed by atoms with Crippen LogP contribution in [0.2, 0.25) is 0 Å². The number of fused-ring (bicyclic) bond motifs is 1. The number of ether oxygens (including phenoxy) is 1. The third-order valence-corrected chi connectivity index (χ3v) is 5.73. The molecular formula is C21H28FN5O2. The minimum Gasteiger partial charge on any atom is -0.379 e. The van der Waals surface area contributed by atoms with E-state index in [0.29, 0.717) is 24.8 Å². The van der Waals surface area contributed by atoms with E-state index < -0.39 is 0 Å². The Morgan fingerprint density at radius 1 is 1.03 bits per heavy atom. The van der Waals surface area contributed by atoms with Crippen molar-refractivity contribution in [3.8, 4) is 0 Å². The highest BCUT2D eigenvalue weighted by atomic mass is 19.1. The zero-order valence-electron chi connectivity index (χ0n) is 17.1. The van der Waals surface area contributed by atoms with Gasteiger partial charge in [0.25, 0.3) is 5.56 Å². The first-order valence-corrected chi connectivity index (χ1v) is 10.2. The van der Waals surface area contributed by atoms with Crippen LogP contribution < -0.4 is 10.5 Å². The van der Waals surface area contributed by atoms with Crippen LogP contribution in [0, 0.1) is 19.7 Å². The zero-order chi connectivity index (χ0) is 20.4. The standard InChI is InChI=1S/C21H28FN5O2/c1-16-17(2)23-21-26(19-6-4-18(22)5-7-19)14-25(15-27(21)20(16)28)9-3-8-24-10-12-29-13-11-24/h4-7H,3,8-15H2,1-2H3. The molecule has 29 heavy (non-hydrogen) atoms. The highest BCUT2D eigenvalue weighted by Crippen LogP contribution is 2.27. The van der Waals surface area contributed by atoms with Gasteiger partial charge in [0.2, 0.25) is 5.95 Å². The van der Waals surface area contributed by atoms with Crippen molar-refractivity contribution in [3.05, 3.63) is 51.7 Å². The van der Waals surface area contributed by atoms with Gasteiger partial charge >= 0.3 is 0 Å². The van der Waals surface area contributed by atoms with Crippen molar-refractivity contribution >= 4 is 11.6 Å². The number of benzene rings is 1. The van der Waals surface area contributed by atoms with E-state index in [1.165, 1.54) is 12.1 Å². The minimum absolute atomic E-state index is 0.0162. The van der Waals surface area contributed by atoms with Crippen LogP contribution in [-0.4, -0.2) is 65.4 Å². The van der Waals surface area contributed by atoms with Gasteiger partial charge in [-0.25, -0.2) is 9.37 Å². The number of hydrogen-bond acceptors (Lipinski definition) is 6. The van der Waals surface area contributed by atoms with E-state index in [1.54, 1.807) is 16.7 Å². The predicted molar refractivity (Wildman–Crippen MR) is 110 cm³/mol. The Morgan fingerprint density at radius 3 is 2.45 bits per heavy atom. The maximum atomic E-state index is 13.4. The van der Waals surface area contributed by atoms with Crippen LogP contribution >= 0.6 is 0 Å². The van der Waals surface area contributed by atoms with Crippen molar-refractivity contribution in [2.75, 3.05) is 51.0 Å². The normalized spacial score (nSPS) is 18.1. The SMILES string of the molecule is Cc1nc2n(c(=O)c1C)CN(CCCN1CCOCC1)CN2c1ccc(F)cc1. The molecule has 156 valence electrons. The molecular weight excluding hydrogens is 373 g/mol. The topological polar surface area (TPSA) is 53.8 Å². The van der Waals surface area contributed by atoms with Gasteiger partial charge in [0.05, 0.1) is 26.6 Å². The number of halogens is 1. The van der Waals surface area contributed by atoms with Gasteiger partial charge < -0.3 is 4.74 Å². The van der Waals surface area contributed by atoms with E-state index in [0.717, 1.165) is 57.2 Å². The van der Waals surface area contributed by atoms with Gasteiger partial charge in [0.1, 0.15) is 5.82 Å². The molecule has 0 aliphatic carbocycles. The maximum Gasteiger partial charge on any atom is 0.259 e. The Bertz CT molecular complexity index is 909. The quantitative estimate of drug-likeness (QED) is 0.765. The fraction of sp³-hybridized carbons (Fsp3) is 0.524. The number of nitrogens with zero attached hydrogens (tertiary/aromatic N) is 5. The molecule has 0 bridgehead atoms. The monoisotopic (exact) mass is 401 g/mol. The summed E-state index contributed by atoms with van der Waals surface area (Å²) in [6.45, 7) is 10.2. The van der Waals surface area contributed by atoms with Gasteiger partial charge in [-0.1, -0.05) is 0 Å². The lowest BCUT2D eigenvalue weighted by atomic mass is 10.2. The highest BCUT2D eigenvalue weighted by Gasteiger charge is 2.27. The van der Waals surface area contributed by atoms with Crippen molar-refractivity contribution in [2.45, 2.75) is 26.9 Å². The average Bonchev–Trinajstić information content (AvgIpc) is 2.74. The Labute approximate surface area is 170 Å². The third kappa shape index (κ3) is 4.34. The second kappa shape index (κ2) is 8.61. The Kier molecular flexibility index (Phi) is 5.94. The fourth-order valence-electron chi connectivity index (χ4n) is 3.89. The molecule has 0 radical (unpaired) electrons. The molecule has 0 saturated carbocycles. The lowest BCUT2D eigenvalue weighted by Crippen LogP contribution is -2.48. The molecule has 3 heterocycles. The van der Waals surface area contributed by atoms with E-state index in [4.69, 9.17) is 4.74 Å². The molecule has 0 amide bonds. The molecule has 1 saturated heterocycles. The summed E-state index contributed by atoms with van der Waals surface area (Å²) in [6.07, 6.45) is 1.01. The van der Waals surface area contributed by atoms with Gasteiger partial charge in [-0.2, -0.15) is 0 Å². The lowest BCUT2D eigenvalue weighted by Gasteiger charge is -2.38.